The Kier molecular flexibility index (Phi) is 5.04. The van der Waals surface area contributed by atoms with Gasteiger partial charge in [0.15, 0.2) is 0 Å². The summed E-state index contributed by atoms with van der Waals surface area (Å²) in [5.74, 6) is -1.29. The van der Waals surface area contributed by atoms with Gasteiger partial charge in [-0.2, -0.15) is 0 Å². The first-order chi connectivity index (χ1) is 8.77. The highest BCUT2D eigenvalue weighted by Gasteiger charge is 2.17. The van der Waals surface area contributed by atoms with Gasteiger partial charge in [-0.3, -0.25) is 9.59 Å². The molecule has 0 aliphatic heterocycles. The molecule has 0 aromatic heterocycles. The number of hydrogen-bond donors (Lipinski definition) is 3. The molecule has 2 amide bonds. The molecule has 19 heavy (non-hydrogen) atoms. The molecule has 0 aliphatic rings. The zero-order valence-electron chi connectivity index (χ0n) is 9.94. The molecule has 0 atom stereocenters. The van der Waals surface area contributed by atoms with E-state index >= 15 is 0 Å². The molecule has 104 valence electrons. The van der Waals surface area contributed by atoms with E-state index in [-0.39, 0.29) is 17.0 Å². The lowest BCUT2D eigenvalue weighted by molar-refractivity contribution is -0.117. The molecular formula is C10H12BrN3O4S. The number of nitrogens with two attached hydrogens (primary N) is 1. The van der Waals surface area contributed by atoms with E-state index in [4.69, 9.17) is 5.73 Å². The minimum absolute atomic E-state index is 0.0533. The molecule has 0 fully saturated rings. The molecular weight excluding hydrogens is 338 g/mol. The number of primary amides is 1. The number of halogens is 1. The minimum atomic E-state index is -3.64. The summed E-state index contributed by atoms with van der Waals surface area (Å²) in [4.78, 5) is 22.3. The molecule has 0 radical (unpaired) electrons. The Morgan fingerprint density at radius 2 is 2.00 bits per heavy atom. The Bertz CT molecular complexity index is 615. The van der Waals surface area contributed by atoms with Crippen LogP contribution < -0.4 is 15.8 Å². The SMILES string of the molecule is CNS(=O)(=O)c1ccc(Br)c(C(=O)NCC(N)=O)c1. The van der Waals surface area contributed by atoms with Crippen LogP contribution in [-0.4, -0.2) is 33.8 Å². The Labute approximate surface area is 118 Å². The smallest absolute Gasteiger partial charge is 0.252 e. The number of rotatable bonds is 5. The Morgan fingerprint density at radius 1 is 1.37 bits per heavy atom. The van der Waals surface area contributed by atoms with Crippen molar-refractivity contribution in [3.63, 3.8) is 0 Å². The Hall–Kier alpha value is -1.45. The van der Waals surface area contributed by atoms with Crippen molar-refractivity contribution in [3.05, 3.63) is 28.2 Å². The third-order valence-corrected chi connectivity index (χ3v) is 4.29. The minimum Gasteiger partial charge on any atom is -0.368 e. The molecule has 0 saturated heterocycles. The third kappa shape index (κ3) is 4.01. The first-order valence-corrected chi connectivity index (χ1v) is 7.35. The van der Waals surface area contributed by atoms with Gasteiger partial charge >= 0.3 is 0 Å². The van der Waals surface area contributed by atoms with Crippen LogP contribution in [-0.2, 0) is 14.8 Å². The topological polar surface area (TPSA) is 118 Å². The highest BCUT2D eigenvalue weighted by atomic mass is 79.9. The first-order valence-electron chi connectivity index (χ1n) is 5.07. The lowest BCUT2D eigenvalue weighted by Crippen LogP contribution is -2.33. The van der Waals surface area contributed by atoms with Crippen LogP contribution in [0.2, 0.25) is 0 Å². The maximum absolute atomic E-state index is 11.8. The highest BCUT2D eigenvalue weighted by molar-refractivity contribution is 9.10. The maximum atomic E-state index is 11.8. The van der Waals surface area contributed by atoms with Gasteiger partial charge in [-0.15, -0.1) is 0 Å². The molecule has 1 rings (SSSR count). The molecule has 4 N–H and O–H groups in total. The summed E-state index contributed by atoms with van der Waals surface area (Å²) in [6.45, 7) is -0.325. The van der Waals surface area contributed by atoms with E-state index in [1.54, 1.807) is 0 Å². The molecule has 0 heterocycles. The Balaban J connectivity index is 3.11. The van der Waals surface area contributed by atoms with Gasteiger partial charge in [0.05, 0.1) is 17.0 Å². The van der Waals surface area contributed by atoms with Gasteiger partial charge < -0.3 is 11.1 Å². The molecule has 9 heteroatoms. The number of amides is 2. The van der Waals surface area contributed by atoms with Crippen LogP contribution in [0.25, 0.3) is 0 Å². The average molecular weight is 350 g/mol. The second-order valence-electron chi connectivity index (χ2n) is 3.50. The van der Waals surface area contributed by atoms with Gasteiger partial charge in [-0.05, 0) is 41.2 Å². The van der Waals surface area contributed by atoms with Crippen LogP contribution >= 0.6 is 15.9 Å². The predicted molar refractivity (Wildman–Crippen MR) is 71.9 cm³/mol. The summed E-state index contributed by atoms with van der Waals surface area (Å²) < 4.78 is 25.8. The molecule has 0 spiro atoms. The quantitative estimate of drug-likeness (QED) is 0.668. The molecule has 0 bridgehead atoms. The van der Waals surface area contributed by atoms with Crippen LogP contribution in [0.4, 0.5) is 0 Å². The number of carbonyl (C=O) groups excluding carboxylic acids is 2. The van der Waals surface area contributed by atoms with Crippen molar-refractivity contribution in [1.82, 2.24) is 10.0 Å². The lowest BCUT2D eigenvalue weighted by Gasteiger charge is -2.08. The van der Waals surface area contributed by atoms with Crippen LogP contribution in [0, 0.1) is 0 Å². The van der Waals surface area contributed by atoms with Crippen molar-refractivity contribution >= 4 is 37.8 Å². The van der Waals surface area contributed by atoms with E-state index in [0.29, 0.717) is 4.47 Å². The first kappa shape index (κ1) is 15.6. The summed E-state index contributed by atoms with van der Waals surface area (Å²) >= 11 is 3.13. The van der Waals surface area contributed by atoms with E-state index in [0.717, 1.165) is 0 Å². The van der Waals surface area contributed by atoms with E-state index in [2.05, 4.69) is 26.0 Å². The van der Waals surface area contributed by atoms with Crippen molar-refractivity contribution in [2.45, 2.75) is 4.90 Å². The van der Waals surface area contributed by atoms with Gasteiger partial charge in [0, 0.05) is 4.47 Å². The molecule has 0 saturated carbocycles. The highest BCUT2D eigenvalue weighted by Crippen LogP contribution is 2.20. The van der Waals surface area contributed by atoms with Gasteiger partial charge in [-0.25, -0.2) is 13.1 Å². The second kappa shape index (κ2) is 6.13. The van der Waals surface area contributed by atoms with Gasteiger partial charge in [-0.1, -0.05) is 0 Å². The fourth-order valence-electron chi connectivity index (χ4n) is 1.23. The fraction of sp³-hybridized carbons (Fsp3) is 0.200. The van der Waals surface area contributed by atoms with E-state index in [9.17, 15) is 18.0 Å². The summed E-state index contributed by atoms with van der Waals surface area (Å²) in [5.41, 5.74) is 5.00. The molecule has 1 aromatic carbocycles. The van der Waals surface area contributed by atoms with Crippen molar-refractivity contribution in [3.8, 4) is 0 Å². The zero-order chi connectivity index (χ0) is 14.6. The molecule has 0 unspecified atom stereocenters. The summed E-state index contributed by atoms with van der Waals surface area (Å²) in [5, 5.41) is 2.28. The van der Waals surface area contributed by atoms with Crippen LogP contribution in [0.5, 0.6) is 0 Å². The van der Waals surface area contributed by atoms with Crippen molar-refractivity contribution in [2.75, 3.05) is 13.6 Å². The van der Waals surface area contributed by atoms with Gasteiger partial charge in [0.25, 0.3) is 5.91 Å². The standard InChI is InChI=1S/C10H12BrN3O4S/c1-13-19(17,18)6-2-3-8(11)7(4-6)10(16)14-5-9(12)15/h2-4,13H,5H2,1H3,(H2,12,15)(H,14,16). The Morgan fingerprint density at radius 3 is 2.53 bits per heavy atom. The van der Waals surface area contributed by atoms with Crippen LogP contribution in [0.15, 0.2) is 27.6 Å². The predicted octanol–water partition coefficient (Wildman–Crippen LogP) is -0.428. The summed E-state index contributed by atoms with van der Waals surface area (Å²) in [7, 11) is -2.38. The van der Waals surface area contributed by atoms with E-state index < -0.39 is 21.8 Å². The summed E-state index contributed by atoms with van der Waals surface area (Å²) in [6, 6.07) is 3.98. The maximum Gasteiger partial charge on any atom is 0.252 e. The van der Waals surface area contributed by atoms with Crippen molar-refractivity contribution in [1.29, 1.82) is 0 Å². The lowest BCUT2D eigenvalue weighted by atomic mass is 10.2. The number of hydrogen-bond acceptors (Lipinski definition) is 4. The molecule has 0 aliphatic carbocycles. The van der Waals surface area contributed by atoms with Gasteiger partial charge in [0.2, 0.25) is 15.9 Å². The summed E-state index contributed by atoms with van der Waals surface area (Å²) in [6.07, 6.45) is 0. The van der Waals surface area contributed by atoms with Gasteiger partial charge in [0.1, 0.15) is 0 Å². The normalized spacial score (nSPS) is 11.1. The number of nitrogens with one attached hydrogen (secondary N) is 2. The molecule has 7 nitrogen and oxygen atoms in total. The largest absolute Gasteiger partial charge is 0.368 e. The molecule has 1 aromatic rings. The van der Waals surface area contributed by atoms with Crippen molar-refractivity contribution in [2.24, 2.45) is 5.73 Å². The zero-order valence-corrected chi connectivity index (χ0v) is 12.3. The van der Waals surface area contributed by atoms with Crippen LogP contribution in [0.3, 0.4) is 0 Å². The van der Waals surface area contributed by atoms with E-state index in [1.807, 2.05) is 0 Å². The number of carbonyl (C=O) groups is 2. The second-order valence-corrected chi connectivity index (χ2v) is 6.24. The van der Waals surface area contributed by atoms with Crippen LogP contribution in [0.1, 0.15) is 10.4 Å². The number of benzene rings is 1. The van der Waals surface area contributed by atoms with E-state index in [1.165, 1.54) is 25.2 Å². The third-order valence-electron chi connectivity index (χ3n) is 2.18. The average Bonchev–Trinajstić information content (AvgIpc) is 2.36. The van der Waals surface area contributed by atoms with Crippen molar-refractivity contribution < 1.29 is 18.0 Å². The fourth-order valence-corrected chi connectivity index (χ4v) is 2.41. The monoisotopic (exact) mass is 349 g/mol. The number of sulfonamides is 1.